The summed E-state index contributed by atoms with van der Waals surface area (Å²) in [5.41, 5.74) is 3.77. The highest BCUT2D eigenvalue weighted by Gasteiger charge is 2.02. The van der Waals surface area contributed by atoms with E-state index in [0.29, 0.717) is 6.42 Å². The minimum absolute atomic E-state index is 0.182. The molecule has 0 amide bonds. The Balaban J connectivity index is 1.89. The summed E-state index contributed by atoms with van der Waals surface area (Å²) >= 11 is 1.69. The summed E-state index contributed by atoms with van der Waals surface area (Å²) in [6.07, 6.45) is 3.79. The largest absolute Gasteiger partial charge is 0.396 e. The third kappa shape index (κ3) is 3.65. The van der Waals surface area contributed by atoms with Gasteiger partial charge in [-0.1, -0.05) is 31.2 Å². The Hall–Kier alpha value is -1.19. The smallest absolute Gasteiger partial charge is 0.0931 e. The molecular formula is C15H19NOS. The molecule has 1 N–H and O–H groups in total. The van der Waals surface area contributed by atoms with Gasteiger partial charge in [0.2, 0.25) is 0 Å². The maximum Gasteiger partial charge on any atom is 0.0931 e. The molecule has 1 heterocycles. The van der Waals surface area contributed by atoms with Crippen LogP contribution >= 0.6 is 11.3 Å². The molecule has 0 aliphatic heterocycles. The number of rotatable bonds is 6. The fourth-order valence-electron chi connectivity index (χ4n) is 1.89. The average Bonchev–Trinajstić information content (AvgIpc) is 2.85. The number of aryl methyl sites for hydroxylation is 3. The van der Waals surface area contributed by atoms with E-state index in [0.717, 1.165) is 30.0 Å². The SMILES string of the molecule is CCc1ccc(CCc2nc(CCO)cs2)cc1. The Bertz CT molecular complexity index is 475. The van der Waals surface area contributed by atoms with Gasteiger partial charge in [-0.15, -0.1) is 11.3 Å². The van der Waals surface area contributed by atoms with E-state index in [9.17, 15) is 0 Å². The number of thiazole rings is 1. The zero-order valence-corrected chi connectivity index (χ0v) is 11.5. The second-order valence-corrected chi connectivity index (χ2v) is 5.32. The first-order chi connectivity index (χ1) is 8.81. The van der Waals surface area contributed by atoms with E-state index >= 15 is 0 Å². The summed E-state index contributed by atoms with van der Waals surface area (Å²) in [6.45, 7) is 2.36. The van der Waals surface area contributed by atoms with Gasteiger partial charge >= 0.3 is 0 Å². The van der Waals surface area contributed by atoms with Gasteiger partial charge in [-0.25, -0.2) is 4.98 Å². The van der Waals surface area contributed by atoms with Crippen LogP contribution in [0.4, 0.5) is 0 Å². The van der Waals surface area contributed by atoms with Crippen molar-refractivity contribution in [1.29, 1.82) is 0 Å². The van der Waals surface area contributed by atoms with Crippen molar-refractivity contribution in [2.45, 2.75) is 32.6 Å². The van der Waals surface area contributed by atoms with Crippen molar-refractivity contribution >= 4 is 11.3 Å². The van der Waals surface area contributed by atoms with Gasteiger partial charge in [0, 0.05) is 24.8 Å². The highest BCUT2D eigenvalue weighted by molar-refractivity contribution is 7.09. The van der Waals surface area contributed by atoms with E-state index < -0.39 is 0 Å². The molecule has 2 aromatic rings. The van der Waals surface area contributed by atoms with Crippen LogP contribution in [0.25, 0.3) is 0 Å². The summed E-state index contributed by atoms with van der Waals surface area (Å²) in [5.74, 6) is 0. The van der Waals surface area contributed by atoms with Crippen molar-refractivity contribution < 1.29 is 5.11 Å². The fraction of sp³-hybridized carbons (Fsp3) is 0.400. The zero-order chi connectivity index (χ0) is 12.8. The summed E-state index contributed by atoms with van der Waals surface area (Å²) in [4.78, 5) is 4.51. The molecule has 18 heavy (non-hydrogen) atoms. The van der Waals surface area contributed by atoms with Crippen molar-refractivity contribution in [2.24, 2.45) is 0 Å². The molecule has 96 valence electrons. The van der Waals surface area contributed by atoms with Gasteiger partial charge in [-0.05, 0) is 24.0 Å². The topological polar surface area (TPSA) is 33.1 Å². The highest BCUT2D eigenvalue weighted by Crippen LogP contribution is 2.14. The number of aromatic nitrogens is 1. The van der Waals surface area contributed by atoms with Gasteiger partial charge in [-0.2, -0.15) is 0 Å². The van der Waals surface area contributed by atoms with Crippen LogP contribution in [0.3, 0.4) is 0 Å². The van der Waals surface area contributed by atoms with Crippen LogP contribution in [0.15, 0.2) is 29.6 Å². The average molecular weight is 261 g/mol. The Morgan fingerprint density at radius 2 is 1.78 bits per heavy atom. The Morgan fingerprint density at radius 1 is 1.06 bits per heavy atom. The molecule has 1 aromatic carbocycles. The Labute approximate surface area is 112 Å². The Morgan fingerprint density at radius 3 is 2.44 bits per heavy atom. The molecule has 0 atom stereocenters. The van der Waals surface area contributed by atoms with Crippen LogP contribution in [0.2, 0.25) is 0 Å². The fourth-order valence-corrected chi connectivity index (χ4v) is 2.72. The third-order valence-electron chi connectivity index (χ3n) is 3.03. The summed E-state index contributed by atoms with van der Waals surface area (Å²) in [6, 6.07) is 8.82. The quantitative estimate of drug-likeness (QED) is 0.867. The third-order valence-corrected chi connectivity index (χ3v) is 3.98. The monoisotopic (exact) mass is 261 g/mol. The highest BCUT2D eigenvalue weighted by atomic mass is 32.1. The number of nitrogens with zero attached hydrogens (tertiary/aromatic N) is 1. The van der Waals surface area contributed by atoms with Crippen molar-refractivity contribution in [3.8, 4) is 0 Å². The molecule has 0 fully saturated rings. The molecule has 0 aliphatic rings. The van der Waals surface area contributed by atoms with E-state index in [1.165, 1.54) is 11.1 Å². The van der Waals surface area contributed by atoms with Gasteiger partial charge in [0.25, 0.3) is 0 Å². The number of hydrogen-bond donors (Lipinski definition) is 1. The predicted molar refractivity (Wildman–Crippen MR) is 76.1 cm³/mol. The minimum Gasteiger partial charge on any atom is -0.396 e. The number of aliphatic hydroxyl groups excluding tert-OH is 1. The van der Waals surface area contributed by atoms with Crippen LogP contribution in [0.1, 0.15) is 28.8 Å². The molecule has 0 spiro atoms. The number of hydrogen-bond acceptors (Lipinski definition) is 3. The summed E-state index contributed by atoms with van der Waals surface area (Å²) in [7, 11) is 0. The minimum atomic E-state index is 0.182. The molecule has 3 heteroatoms. The van der Waals surface area contributed by atoms with Crippen LogP contribution in [0.5, 0.6) is 0 Å². The first kappa shape index (κ1) is 13.2. The second-order valence-electron chi connectivity index (χ2n) is 4.38. The molecular weight excluding hydrogens is 242 g/mol. The van der Waals surface area contributed by atoms with E-state index in [-0.39, 0.29) is 6.61 Å². The van der Waals surface area contributed by atoms with Crippen LogP contribution in [0, 0.1) is 0 Å². The lowest BCUT2D eigenvalue weighted by atomic mass is 10.1. The molecule has 0 saturated heterocycles. The molecule has 2 nitrogen and oxygen atoms in total. The van der Waals surface area contributed by atoms with Crippen LogP contribution in [-0.4, -0.2) is 16.7 Å². The van der Waals surface area contributed by atoms with Crippen molar-refractivity contribution in [3.63, 3.8) is 0 Å². The molecule has 0 radical (unpaired) electrons. The molecule has 1 aromatic heterocycles. The summed E-state index contributed by atoms with van der Waals surface area (Å²) < 4.78 is 0. The Kier molecular flexibility index (Phi) is 4.90. The van der Waals surface area contributed by atoms with E-state index in [4.69, 9.17) is 5.11 Å². The lowest BCUT2D eigenvalue weighted by Gasteiger charge is -2.01. The van der Waals surface area contributed by atoms with E-state index in [1.807, 2.05) is 5.38 Å². The maximum atomic E-state index is 8.85. The standard InChI is InChI=1S/C15H19NOS/c1-2-12-3-5-13(6-4-12)7-8-15-16-14(9-10-17)11-18-15/h3-6,11,17H,2,7-10H2,1H3. The molecule has 0 bridgehead atoms. The van der Waals surface area contributed by atoms with Crippen LogP contribution < -0.4 is 0 Å². The molecule has 0 unspecified atom stereocenters. The zero-order valence-electron chi connectivity index (χ0n) is 10.7. The van der Waals surface area contributed by atoms with Gasteiger partial charge in [0.05, 0.1) is 10.7 Å². The normalized spacial score (nSPS) is 10.8. The van der Waals surface area contributed by atoms with Gasteiger partial charge in [-0.3, -0.25) is 0 Å². The van der Waals surface area contributed by atoms with Crippen LogP contribution in [-0.2, 0) is 25.7 Å². The second kappa shape index (κ2) is 6.66. The van der Waals surface area contributed by atoms with E-state index in [1.54, 1.807) is 11.3 Å². The van der Waals surface area contributed by atoms with E-state index in [2.05, 4.69) is 36.2 Å². The first-order valence-corrected chi connectivity index (χ1v) is 7.31. The van der Waals surface area contributed by atoms with Crippen molar-refractivity contribution in [1.82, 2.24) is 4.98 Å². The number of aliphatic hydroxyl groups is 1. The van der Waals surface area contributed by atoms with Gasteiger partial charge < -0.3 is 5.11 Å². The lowest BCUT2D eigenvalue weighted by Crippen LogP contribution is -1.94. The predicted octanol–water partition coefficient (Wildman–Crippen LogP) is 3.03. The summed E-state index contributed by atoms with van der Waals surface area (Å²) in [5, 5.41) is 12.1. The molecule has 0 aliphatic carbocycles. The van der Waals surface area contributed by atoms with Gasteiger partial charge in [0.1, 0.15) is 0 Å². The van der Waals surface area contributed by atoms with Gasteiger partial charge in [0.15, 0.2) is 0 Å². The lowest BCUT2D eigenvalue weighted by molar-refractivity contribution is 0.298. The first-order valence-electron chi connectivity index (χ1n) is 6.43. The number of benzene rings is 1. The van der Waals surface area contributed by atoms with Crippen molar-refractivity contribution in [2.75, 3.05) is 6.61 Å². The maximum absolute atomic E-state index is 8.85. The molecule has 0 saturated carbocycles. The van der Waals surface area contributed by atoms with Crippen molar-refractivity contribution in [3.05, 3.63) is 51.5 Å². The molecule has 2 rings (SSSR count).